The second-order valence-corrected chi connectivity index (χ2v) is 5.42. The molecule has 20 heavy (non-hydrogen) atoms. The second-order valence-electron chi connectivity index (χ2n) is 4.57. The van der Waals surface area contributed by atoms with Crippen molar-refractivity contribution in [2.24, 2.45) is 0 Å². The van der Waals surface area contributed by atoms with Crippen LogP contribution >= 0.6 is 15.9 Å². The lowest BCUT2D eigenvalue weighted by atomic mass is 10.2. The zero-order valence-corrected chi connectivity index (χ0v) is 13.2. The first-order valence-electron chi connectivity index (χ1n) is 6.14. The largest absolute Gasteiger partial charge is 0.377 e. The van der Waals surface area contributed by atoms with Crippen LogP contribution in [0.15, 0.2) is 22.7 Å². The predicted octanol–water partition coefficient (Wildman–Crippen LogP) is 2.85. The number of likely N-dealkylation sites (N-methyl/N-ethyl adjacent to an activating group) is 1. The molecule has 0 aromatic heterocycles. The number of nitrogens with zero attached hydrogens (tertiary/aromatic N) is 2. The smallest absolute Gasteiger partial charge is 0.270 e. The summed E-state index contributed by atoms with van der Waals surface area (Å²) in [6, 6.07) is 4.12. The van der Waals surface area contributed by atoms with Gasteiger partial charge >= 0.3 is 0 Å². The summed E-state index contributed by atoms with van der Waals surface area (Å²) in [5.41, 5.74) is 0.162. The normalized spacial score (nSPS) is 10.7. The minimum atomic E-state index is -0.523. The Kier molecular flexibility index (Phi) is 6.09. The fraction of sp³-hybridized carbons (Fsp3) is 0.462. The molecule has 0 aliphatic heterocycles. The Bertz CT molecular complexity index is 505. The van der Waals surface area contributed by atoms with E-state index in [-0.39, 0.29) is 23.3 Å². The number of hydrogen-bond donors (Lipinski definition) is 0. The summed E-state index contributed by atoms with van der Waals surface area (Å²) >= 11 is 3.24. The molecular formula is C13H17BrN2O4. The highest BCUT2D eigenvalue weighted by Gasteiger charge is 2.18. The van der Waals surface area contributed by atoms with E-state index in [1.165, 1.54) is 23.1 Å². The van der Waals surface area contributed by atoms with Crippen LogP contribution in [-0.2, 0) is 4.74 Å². The van der Waals surface area contributed by atoms with E-state index < -0.39 is 4.92 Å². The lowest BCUT2D eigenvalue weighted by Gasteiger charge is -2.18. The van der Waals surface area contributed by atoms with E-state index in [9.17, 15) is 14.9 Å². The number of rotatable bonds is 6. The highest BCUT2D eigenvalue weighted by atomic mass is 79.9. The molecule has 0 aliphatic carbocycles. The van der Waals surface area contributed by atoms with Crippen LogP contribution in [0.25, 0.3) is 0 Å². The molecule has 0 bridgehead atoms. The summed E-state index contributed by atoms with van der Waals surface area (Å²) in [5.74, 6) is -0.284. The van der Waals surface area contributed by atoms with Gasteiger partial charge in [0, 0.05) is 30.2 Å². The Labute approximate surface area is 126 Å². The van der Waals surface area contributed by atoms with Gasteiger partial charge in [0.2, 0.25) is 0 Å². The third-order valence-corrected chi connectivity index (χ3v) is 3.31. The summed E-state index contributed by atoms with van der Waals surface area (Å²) in [5, 5.41) is 10.7. The number of amides is 1. The molecule has 1 aromatic carbocycles. The van der Waals surface area contributed by atoms with Crippen molar-refractivity contribution in [2.75, 3.05) is 20.2 Å². The van der Waals surface area contributed by atoms with Gasteiger partial charge in [-0.3, -0.25) is 14.9 Å². The van der Waals surface area contributed by atoms with E-state index in [4.69, 9.17) is 4.74 Å². The molecule has 110 valence electrons. The van der Waals surface area contributed by atoms with Gasteiger partial charge in [-0.15, -0.1) is 0 Å². The average molecular weight is 345 g/mol. The second kappa shape index (κ2) is 7.35. The lowest BCUT2D eigenvalue weighted by Crippen LogP contribution is -2.31. The first kappa shape index (κ1) is 16.6. The molecule has 0 heterocycles. The van der Waals surface area contributed by atoms with E-state index in [1.807, 2.05) is 13.8 Å². The van der Waals surface area contributed by atoms with Crippen LogP contribution in [0.2, 0.25) is 0 Å². The number of carbonyl (C=O) groups is 1. The van der Waals surface area contributed by atoms with Gasteiger partial charge in [0.15, 0.2) is 0 Å². The Balaban J connectivity index is 2.80. The molecule has 0 unspecified atom stereocenters. The Morgan fingerprint density at radius 1 is 1.50 bits per heavy atom. The van der Waals surface area contributed by atoms with Crippen LogP contribution in [0, 0.1) is 10.1 Å². The zero-order chi connectivity index (χ0) is 15.3. The molecule has 0 N–H and O–H groups in total. The van der Waals surface area contributed by atoms with Gasteiger partial charge < -0.3 is 9.64 Å². The fourth-order valence-electron chi connectivity index (χ4n) is 1.52. The zero-order valence-electron chi connectivity index (χ0n) is 11.6. The van der Waals surface area contributed by atoms with E-state index in [1.54, 1.807) is 7.05 Å². The van der Waals surface area contributed by atoms with Crippen molar-refractivity contribution in [1.82, 2.24) is 4.90 Å². The Morgan fingerprint density at radius 3 is 2.70 bits per heavy atom. The molecule has 1 rings (SSSR count). The van der Waals surface area contributed by atoms with Crippen LogP contribution in [0.5, 0.6) is 0 Å². The summed E-state index contributed by atoms with van der Waals surface area (Å²) < 4.78 is 5.91. The van der Waals surface area contributed by atoms with Crippen molar-refractivity contribution in [3.8, 4) is 0 Å². The number of nitro groups is 1. The number of carbonyl (C=O) groups excluding carboxylic acids is 1. The van der Waals surface area contributed by atoms with Crippen molar-refractivity contribution >= 4 is 27.5 Å². The lowest BCUT2D eigenvalue weighted by molar-refractivity contribution is -0.384. The maximum Gasteiger partial charge on any atom is 0.270 e. The van der Waals surface area contributed by atoms with Crippen molar-refractivity contribution in [1.29, 1.82) is 0 Å². The third kappa shape index (κ3) is 4.57. The van der Waals surface area contributed by atoms with Gasteiger partial charge in [0.25, 0.3) is 11.6 Å². The van der Waals surface area contributed by atoms with E-state index in [0.717, 1.165) is 0 Å². The third-order valence-electron chi connectivity index (χ3n) is 2.62. The molecule has 0 saturated heterocycles. The van der Waals surface area contributed by atoms with Gasteiger partial charge in [0.05, 0.1) is 23.2 Å². The first-order valence-corrected chi connectivity index (χ1v) is 6.93. The van der Waals surface area contributed by atoms with E-state index in [2.05, 4.69) is 15.9 Å². The predicted molar refractivity (Wildman–Crippen MR) is 78.8 cm³/mol. The van der Waals surface area contributed by atoms with Crippen LogP contribution in [0.3, 0.4) is 0 Å². The van der Waals surface area contributed by atoms with Crippen LogP contribution in [0.4, 0.5) is 5.69 Å². The Hall–Kier alpha value is -1.47. The highest BCUT2D eigenvalue weighted by molar-refractivity contribution is 9.10. The summed E-state index contributed by atoms with van der Waals surface area (Å²) in [4.78, 5) is 23.9. The Morgan fingerprint density at radius 2 is 2.15 bits per heavy atom. The van der Waals surface area contributed by atoms with Gasteiger partial charge in [-0.05, 0) is 35.8 Å². The van der Waals surface area contributed by atoms with Crippen molar-refractivity contribution in [3.05, 3.63) is 38.3 Å². The van der Waals surface area contributed by atoms with Gasteiger partial charge in [-0.25, -0.2) is 0 Å². The van der Waals surface area contributed by atoms with Crippen molar-refractivity contribution in [2.45, 2.75) is 20.0 Å². The number of nitro benzene ring substituents is 1. The standard InChI is InChI=1S/C13H17BrN2O4/c1-9(2)20-7-6-15(3)13(17)11-8-10(16(18)19)4-5-12(11)14/h4-5,8-9H,6-7H2,1-3H3. The highest BCUT2D eigenvalue weighted by Crippen LogP contribution is 2.23. The maximum absolute atomic E-state index is 12.2. The number of ether oxygens (including phenoxy) is 1. The maximum atomic E-state index is 12.2. The average Bonchev–Trinajstić information content (AvgIpc) is 2.37. The SMILES string of the molecule is CC(C)OCCN(C)C(=O)c1cc([N+](=O)[O-])ccc1Br. The first-order chi connectivity index (χ1) is 9.32. The minimum Gasteiger partial charge on any atom is -0.377 e. The number of benzene rings is 1. The van der Waals surface area contributed by atoms with E-state index >= 15 is 0 Å². The van der Waals surface area contributed by atoms with Gasteiger partial charge in [-0.2, -0.15) is 0 Å². The molecule has 0 radical (unpaired) electrons. The summed E-state index contributed by atoms with van der Waals surface area (Å²) in [7, 11) is 1.64. The fourth-order valence-corrected chi connectivity index (χ4v) is 1.94. The van der Waals surface area contributed by atoms with Gasteiger partial charge in [-0.1, -0.05) is 0 Å². The molecule has 0 fully saturated rings. The van der Waals surface area contributed by atoms with Crippen molar-refractivity contribution < 1.29 is 14.5 Å². The molecule has 1 aromatic rings. The minimum absolute atomic E-state index is 0.100. The number of non-ortho nitro benzene ring substituents is 1. The van der Waals surface area contributed by atoms with Gasteiger partial charge in [0.1, 0.15) is 0 Å². The molecule has 0 aliphatic rings. The van der Waals surface area contributed by atoms with Crippen LogP contribution in [0.1, 0.15) is 24.2 Å². The summed E-state index contributed by atoms with van der Waals surface area (Å²) in [6.45, 7) is 4.68. The molecule has 0 spiro atoms. The monoisotopic (exact) mass is 344 g/mol. The molecule has 0 saturated carbocycles. The van der Waals surface area contributed by atoms with Crippen LogP contribution in [-0.4, -0.2) is 42.0 Å². The topological polar surface area (TPSA) is 72.7 Å². The molecular weight excluding hydrogens is 328 g/mol. The summed E-state index contributed by atoms with van der Waals surface area (Å²) in [6.07, 6.45) is 0.100. The number of hydrogen-bond acceptors (Lipinski definition) is 4. The molecule has 6 nitrogen and oxygen atoms in total. The quantitative estimate of drug-likeness (QED) is 0.587. The molecule has 7 heteroatoms. The van der Waals surface area contributed by atoms with E-state index in [0.29, 0.717) is 17.6 Å². The van der Waals surface area contributed by atoms with Crippen molar-refractivity contribution in [3.63, 3.8) is 0 Å². The molecule has 1 amide bonds. The van der Waals surface area contributed by atoms with Crippen LogP contribution < -0.4 is 0 Å². The number of halogens is 1. The molecule has 0 atom stereocenters.